The van der Waals surface area contributed by atoms with Gasteiger partial charge >= 0.3 is 5.97 Å². The van der Waals surface area contributed by atoms with E-state index >= 15 is 0 Å². The van der Waals surface area contributed by atoms with Gasteiger partial charge in [0.1, 0.15) is 17.7 Å². The fraction of sp³-hybridized carbons (Fsp3) is 0. The van der Waals surface area contributed by atoms with Crippen molar-refractivity contribution in [1.82, 2.24) is 0 Å². The van der Waals surface area contributed by atoms with Crippen molar-refractivity contribution in [2.24, 2.45) is 0 Å². The van der Waals surface area contributed by atoms with Crippen molar-refractivity contribution >= 4 is 34.7 Å². The van der Waals surface area contributed by atoms with E-state index in [1.54, 1.807) is 0 Å². The van der Waals surface area contributed by atoms with Gasteiger partial charge in [0.15, 0.2) is 0 Å². The maximum atomic E-state index is 11.8. The van der Waals surface area contributed by atoms with E-state index < -0.39 is 54.2 Å². The number of nitriles is 2. The highest BCUT2D eigenvalue weighted by Gasteiger charge is 2.34. The second kappa shape index (κ2) is 6.77. The number of nitrogens with zero attached hydrogens (tertiary/aromatic N) is 5. The van der Waals surface area contributed by atoms with Crippen molar-refractivity contribution < 1.29 is 24.7 Å². The van der Waals surface area contributed by atoms with Gasteiger partial charge < -0.3 is 5.11 Å². The quantitative estimate of drug-likeness (QED) is 0.480. The number of benzene rings is 2. The summed E-state index contributed by atoms with van der Waals surface area (Å²) in [5.41, 5.74) is -4.56. The summed E-state index contributed by atoms with van der Waals surface area (Å²) in [6.45, 7) is 0. The summed E-state index contributed by atoms with van der Waals surface area (Å²) in [7, 11) is 0. The molecule has 1 aliphatic carbocycles. The monoisotopic (exact) mass is 407 g/mol. The molecular formula is C17H5N5O8. The molecule has 0 saturated carbocycles. The average molecular weight is 407 g/mol. The topological polar surface area (TPSA) is 214 Å². The number of hydrogen-bond donors (Lipinski definition) is 1. The number of carboxylic acids is 1. The summed E-state index contributed by atoms with van der Waals surface area (Å²) in [6.07, 6.45) is 1.05. The number of rotatable bonds is 4. The predicted octanol–water partition coefficient (Wildman–Crippen LogP) is 1.12. The van der Waals surface area contributed by atoms with Crippen molar-refractivity contribution in [1.29, 1.82) is 10.5 Å². The largest absolute Gasteiger partial charge is 0.478 e. The molecule has 0 spiro atoms. The van der Waals surface area contributed by atoms with Crippen LogP contribution in [0.2, 0.25) is 0 Å². The number of hydrogen-bond acceptors (Lipinski definition) is 9. The SMILES string of the molecule is N#CC(C#N)=c1c([N+](=O)[O-])cc(C(=O)O)c2c1=Cc1cc([N+](=O)[O-])cc([N+](=O)[O-])c1-2. The zero-order valence-electron chi connectivity index (χ0n) is 14.4. The van der Waals surface area contributed by atoms with Crippen LogP contribution in [-0.4, -0.2) is 25.8 Å². The molecule has 0 unspecified atom stereocenters. The molecule has 0 saturated heterocycles. The minimum atomic E-state index is -1.66. The van der Waals surface area contributed by atoms with E-state index in [0.29, 0.717) is 12.1 Å². The molecule has 0 aromatic heterocycles. The summed E-state index contributed by atoms with van der Waals surface area (Å²) in [6, 6.07) is 5.12. The lowest BCUT2D eigenvalue weighted by atomic mass is 9.95. The van der Waals surface area contributed by atoms with Gasteiger partial charge in [0.05, 0.1) is 37.2 Å². The van der Waals surface area contributed by atoms with Gasteiger partial charge in [-0.05, 0) is 11.6 Å². The Kier molecular flexibility index (Phi) is 4.42. The molecule has 0 radical (unpaired) electrons. The summed E-state index contributed by atoms with van der Waals surface area (Å²) >= 11 is 0. The van der Waals surface area contributed by atoms with Gasteiger partial charge in [-0.25, -0.2) is 4.79 Å². The third-order valence-corrected chi connectivity index (χ3v) is 4.34. The Balaban J connectivity index is 2.71. The van der Waals surface area contributed by atoms with Gasteiger partial charge in [0.2, 0.25) is 0 Å². The molecule has 0 fully saturated rings. The molecule has 13 heteroatoms. The molecule has 1 N–H and O–H groups in total. The van der Waals surface area contributed by atoms with Crippen LogP contribution in [0.25, 0.3) is 22.8 Å². The Morgan fingerprint density at radius 2 is 1.50 bits per heavy atom. The van der Waals surface area contributed by atoms with Crippen LogP contribution >= 0.6 is 0 Å². The summed E-state index contributed by atoms with van der Waals surface area (Å²) in [5.74, 6) is -1.66. The number of nitro benzene ring substituents is 3. The fourth-order valence-electron chi connectivity index (χ4n) is 3.24. The maximum Gasteiger partial charge on any atom is 0.336 e. The van der Waals surface area contributed by atoms with Crippen LogP contribution in [0.15, 0.2) is 18.2 Å². The highest BCUT2D eigenvalue weighted by atomic mass is 16.6. The molecule has 2 aromatic rings. The van der Waals surface area contributed by atoms with E-state index in [1.807, 2.05) is 0 Å². The third-order valence-electron chi connectivity index (χ3n) is 4.34. The molecule has 0 bridgehead atoms. The van der Waals surface area contributed by atoms with Crippen LogP contribution < -0.4 is 10.4 Å². The molecule has 0 aliphatic heterocycles. The first-order valence-corrected chi connectivity index (χ1v) is 7.70. The van der Waals surface area contributed by atoms with Gasteiger partial charge in [-0.2, -0.15) is 10.5 Å². The van der Waals surface area contributed by atoms with E-state index in [-0.39, 0.29) is 21.9 Å². The minimum absolute atomic E-state index is 0.148. The average Bonchev–Trinajstić information content (AvgIpc) is 3.06. The maximum absolute atomic E-state index is 11.8. The summed E-state index contributed by atoms with van der Waals surface area (Å²) in [5, 5.41) is 61.3. The number of nitro groups is 3. The molecule has 1 aliphatic rings. The van der Waals surface area contributed by atoms with Crippen LogP contribution in [0.1, 0.15) is 15.9 Å². The smallest absolute Gasteiger partial charge is 0.336 e. The van der Waals surface area contributed by atoms with Crippen LogP contribution in [0.4, 0.5) is 17.1 Å². The molecule has 0 heterocycles. The summed E-state index contributed by atoms with van der Waals surface area (Å²) < 4.78 is 0. The Labute approximate surface area is 164 Å². The normalized spacial score (nSPS) is 10.6. The van der Waals surface area contributed by atoms with Crippen molar-refractivity contribution in [3.05, 3.63) is 70.1 Å². The van der Waals surface area contributed by atoms with E-state index in [2.05, 4.69) is 0 Å². The van der Waals surface area contributed by atoms with Crippen LogP contribution in [0.3, 0.4) is 0 Å². The van der Waals surface area contributed by atoms with Crippen LogP contribution in [-0.2, 0) is 0 Å². The first kappa shape index (κ1) is 19.6. The van der Waals surface area contributed by atoms with Gasteiger partial charge in [0, 0.05) is 22.9 Å². The predicted molar refractivity (Wildman–Crippen MR) is 96.3 cm³/mol. The molecule has 146 valence electrons. The van der Waals surface area contributed by atoms with Gasteiger partial charge in [-0.3, -0.25) is 30.3 Å². The lowest BCUT2D eigenvalue weighted by Crippen LogP contribution is -2.32. The molecule has 3 rings (SSSR count). The fourth-order valence-corrected chi connectivity index (χ4v) is 3.24. The number of fused-ring (bicyclic) bond motifs is 3. The van der Waals surface area contributed by atoms with Crippen LogP contribution in [0.5, 0.6) is 0 Å². The van der Waals surface area contributed by atoms with Crippen molar-refractivity contribution in [2.45, 2.75) is 0 Å². The van der Waals surface area contributed by atoms with Gasteiger partial charge in [-0.15, -0.1) is 0 Å². The number of carboxylic acid groups (broad SMARTS) is 1. The third kappa shape index (κ3) is 2.76. The second-order valence-corrected chi connectivity index (χ2v) is 5.86. The summed E-state index contributed by atoms with van der Waals surface area (Å²) in [4.78, 5) is 43.1. The first-order valence-electron chi connectivity index (χ1n) is 7.70. The van der Waals surface area contributed by atoms with Crippen LogP contribution in [0, 0.1) is 53.0 Å². The number of non-ortho nitro benzene ring substituents is 2. The number of carbonyl (C=O) groups is 1. The first-order chi connectivity index (χ1) is 14.1. The van der Waals surface area contributed by atoms with E-state index in [9.17, 15) is 50.8 Å². The zero-order chi connectivity index (χ0) is 22.3. The highest BCUT2D eigenvalue weighted by Crippen LogP contribution is 2.40. The van der Waals surface area contributed by atoms with Gasteiger partial charge in [-0.1, -0.05) is 0 Å². The number of aromatic carboxylic acids is 1. The molecule has 13 nitrogen and oxygen atoms in total. The van der Waals surface area contributed by atoms with E-state index in [0.717, 1.165) is 12.1 Å². The Hall–Kier alpha value is -5.17. The Morgan fingerprint density at radius 3 is 1.97 bits per heavy atom. The van der Waals surface area contributed by atoms with Gasteiger partial charge in [0.25, 0.3) is 17.1 Å². The standard InChI is InChI=1S/C17H5N5O8/c18-5-8(6-19)14-10-2-7-1-9(20(25)26)3-12(21(27)28)15(7)16(10)11(17(23)24)4-13(14)22(29)30/h1-4H,(H,23,24). The van der Waals surface area contributed by atoms with Crippen molar-refractivity contribution in [3.63, 3.8) is 0 Å². The molecule has 2 aromatic carbocycles. The molecular weight excluding hydrogens is 402 g/mol. The lowest BCUT2D eigenvalue weighted by Gasteiger charge is -2.07. The minimum Gasteiger partial charge on any atom is -0.478 e. The molecule has 0 atom stereocenters. The molecule has 30 heavy (non-hydrogen) atoms. The Morgan fingerprint density at radius 1 is 0.900 bits per heavy atom. The lowest BCUT2D eigenvalue weighted by molar-refractivity contribution is -0.393. The van der Waals surface area contributed by atoms with E-state index in [1.165, 1.54) is 12.1 Å². The molecule has 0 amide bonds. The zero-order valence-corrected chi connectivity index (χ0v) is 14.4. The van der Waals surface area contributed by atoms with Crippen molar-refractivity contribution in [2.75, 3.05) is 0 Å². The Bertz CT molecular complexity index is 1410. The van der Waals surface area contributed by atoms with Crippen molar-refractivity contribution in [3.8, 4) is 23.3 Å². The van der Waals surface area contributed by atoms with E-state index in [4.69, 9.17) is 0 Å². The highest BCUT2D eigenvalue weighted by molar-refractivity contribution is 6.03. The second-order valence-electron chi connectivity index (χ2n) is 5.86.